The molecule has 0 radical (unpaired) electrons. The minimum absolute atomic E-state index is 0.0627. The van der Waals surface area contributed by atoms with Crippen LogP contribution in [0.1, 0.15) is 45.2 Å². The van der Waals surface area contributed by atoms with Crippen LogP contribution in [-0.4, -0.2) is 43.5 Å². The number of aliphatic carboxylic acids is 1. The van der Waals surface area contributed by atoms with Gasteiger partial charge in [0.1, 0.15) is 17.5 Å². The predicted molar refractivity (Wildman–Crippen MR) is 77.8 cm³/mol. The van der Waals surface area contributed by atoms with Crippen LogP contribution in [0.3, 0.4) is 0 Å². The molecule has 0 fully saturated rings. The molecule has 1 atom stereocenters. The first-order chi connectivity index (χ1) is 9.56. The van der Waals surface area contributed by atoms with Gasteiger partial charge in [-0.25, -0.2) is 4.98 Å². The van der Waals surface area contributed by atoms with Crippen LogP contribution >= 0.6 is 0 Å². The Bertz CT molecular complexity index is 453. The van der Waals surface area contributed by atoms with Gasteiger partial charge < -0.3 is 25.7 Å². The largest absolute Gasteiger partial charge is 0.506 e. The summed E-state index contributed by atoms with van der Waals surface area (Å²) < 4.78 is 0. The van der Waals surface area contributed by atoms with Gasteiger partial charge in [-0.15, -0.1) is 0 Å². The molecular formula is C14H24N2O5. The number of nitrogens with one attached hydrogen (secondary N) is 1. The second-order valence-corrected chi connectivity index (χ2v) is 5.53. The third-order valence-electron chi connectivity index (χ3n) is 2.29. The van der Waals surface area contributed by atoms with Crippen LogP contribution in [0.4, 0.5) is 0 Å². The number of β-amino-alcohol motifs (C(OH)–C–C–N with tert-alkyl or cyclic N) is 1. The number of hydrogen-bond acceptors (Lipinski definition) is 6. The molecule has 7 nitrogen and oxygen atoms in total. The quantitative estimate of drug-likeness (QED) is 0.557. The molecule has 0 bridgehead atoms. The zero-order valence-corrected chi connectivity index (χ0v) is 12.8. The summed E-state index contributed by atoms with van der Waals surface area (Å²) in [4.78, 5) is 13.0. The van der Waals surface area contributed by atoms with Gasteiger partial charge in [0.15, 0.2) is 0 Å². The molecule has 1 rings (SSSR count). The van der Waals surface area contributed by atoms with E-state index in [1.165, 1.54) is 6.07 Å². The highest BCUT2D eigenvalue weighted by Crippen LogP contribution is 2.18. The maximum atomic E-state index is 9.91. The Hall–Kier alpha value is -1.70. The average molecular weight is 300 g/mol. The van der Waals surface area contributed by atoms with E-state index in [0.29, 0.717) is 12.2 Å². The molecule has 0 saturated carbocycles. The number of aromatic nitrogens is 1. The standard InChI is InChI=1S/C12H20N2O3.C2H4O2/c1-12(2,3)13-6-11(17)8-4-5-10(16)9(7-15)14-8;1-2(3)4/h4-5,11,13,15-17H,6-7H2,1-3H3;1H3,(H,3,4). The van der Waals surface area contributed by atoms with Gasteiger partial charge in [-0.3, -0.25) is 4.79 Å². The third kappa shape index (κ3) is 8.96. The fourth-order valence-electron chi connectivity index (χ4n) is 1.32. The molecule has 120 valence electrons. The highest BCUT2D eigenvalue weighted by molar-refractivity contribution is 5.62. The van der Waals surface area contributed by atoms with Crippen molar-refractivity contribution in [2.24, 2.45) is 0 Å². The SMILES string of the molecule is CC(=O)O.CC(C)(C)NCC(O)c1ccc(O)c(CO)n1. The smallest absolute Gasteiger partial charge is 0.300 e. The van der Waals surface area contributed by atoms with Crippen molar-refractivity contribution in [3.63, 3.8) is 0 Å². The first-order valence-electron chi connectivity index (χ1n) is 6.49. The molecule has 0 aromatic carbocycles. The molecule has 0 saturated heterocycles. The van der Waals surface area contributed by atoms with E-state index in [1.54, 1.807) is 6.07 Å². The van der Waals surface area contributed by atoms with Crippen LogP contribution < -0.4 is 5.32 Å². The van der Waals surface area contributed by atoms with Gasteiger partial charge in [-0.2, -0.15) is 0 Å². The van der Waals surface area contributed by atoms with Gasteiger partial charge in [-0.1, -0.05) is 0 Å². The van der Waals surface area contributed by atoms with E-state index in [1.807, 2.05) is 20.8 Å². The van der Waals surface area contributed by atoms with Crippen LogP contribution in [0.15, 0.2) is 12.1 Å². The lowest BCUT2D eigenvalue weighted by Crippen LogP contribution is -2.38. The summed E-state index contributed by atoms with van der Waals surface area (Å²) in [5.74, 6) is -0.896. The Morgan fingerprint density at radius 3 is 2.33 bits per heavy atom. The third-order valence-corrected chi connectivity index (χ3v) is 2.29. The van der Waals surface area contributed by atoms with Crippen LogP contribution in [0.2, 0.25) is 0 Å². The van der Waals surface area contributed by atoms with Crippen LogP contribution in [0, 0.1) is 0 Å². The highest BCUT2D eigenvalue weighted by atomic mass is 16.4. The summed E-state index contributed by atoms with van der Waals surface area (Å²) in [7, 11) is 0. The fourth-order valence-corrected chi connectivity index (χ4v) is 1.32. The van der Waals surface area contributed by atoms with Crippen molar-refractivity contribution >= 4 is 5.97 Å². The van der Waals surface area contributed by atoms with E-state index >= 15 is 0 Å². The molecule has 1 unspecified atom stereocenters. The minimum atomic E-state index is -0.833. The zero-order chi connectivity index (χ0) is 16.6. The lowest BCUT2D eigenvalue weighted by molar-refractivity contribution is -0.134. The molecule has 5 N–H and O–H groups in total. The molecule has 21 heavy (non-hydrogen) atoms. The summed E-state index contributed by atoms with van der Waals surface area (Å²) >= 11 is 0. The first kappa shape index (κ1) is 19.3. The number of carbonyl (C=O) groups is 1. The minimum Gasteiger partial charge on any atom is -0.506 e. The number of nitrogens with zero attached hydrogens (tertiary/aromatic N) is 1. The molecule has 7 heteroatoms. The van der Waals surface area contributed by atoms with Gasteiger partial charge in [0, 0.05) is 19.0 Å². The van der Waals surface area contributed by atoms with E-state index < -0.39 is 12.1 Å². The van der Waals surface area contributed by atoms with Gasteiger partial charge in [0.05, 0.1) is 12.3 Å². The Labute approximate surface area is 124 Å². The first-order valence-corrected chi connectivity index (χ1v) is 6.49. The van der Waals surface area contributed by atoms with Crippen molar-refractivity contribution in [1.29, 1.82) is 0 Å². The number of aliphatic hydroxyl groups excluding tert-OH is 2. The fraction of sp³-hybridized carbons (Fsp3) is 0.571. The van der Waals surface area contributed by atoms with Crippen molar-refractivity contribution in [2.45, 2.75) is 45.9 Å². The summed E-state index contributed by atoms with van der Waals surface area (Å²) in [6, 6.07) is 2.97. The Morgan fingerprint density at radius 1 is 1.38 bits per heavy atom. The molecule has 0 spiro atoms. The lowest BCUT2D eigenvalue weighted by atomic mass is 10.1. The predicted octanol–water partition coefficient (Wildman–Crippen LogP) is 0.792. The summed E-state index contributed by atoms with van der Waals surface area (Å²) in [6.45, 7) is 7.11. The van der Waals surface area contributed by atoms with Gasteiger partial charge >= 0.3 is 0 Å². The van der Waals surface area contributed by atoms with E-state index in [0.717, 1.165) is 6.92 Å². The summed E-state index contributed by atoms with van der Waals surface area (Å²) in [5, 5.41) is 38.8. The number of aromatic hydroxyl groups is 1. The number of carboxylic acid groups (broad SMARTS) is 1. The lowest BCUT2D eigenvalue weighted by Gasteiger charge is -2.22. The second kappa shape index (κ2) is 8.56. The summed E-state index contributed by atoms with van der Waals surface area (Å²) in [5.41, 5.74) is 0.526. The number of aliphatic hydroxyl groups is 2. The molecule has 0 aliphatic heterocycles. The zero-order valence-electron chi connectivity index (χ0n) is 12.8. The van der Waals surface area contributed by atoms with Crippen molar-refractivity contribution < 1.29 is 25.2 Å². The van der Waals surface area contributed by atoms with E-state index in [2.05, 4.69) is 10.3 Å². The van der Waals surface area contributed by atoms with E-state index in [4.69, 9.17) is 15.0 Å². The maximum Gasteiger partial charge on any atom is 0.300 e. The molecule has 0 amide bonds. The molecular weight excluding hydrogens is 276 g/mol. The van der Waals surface area contributed by atoms with E-state index in [9.17, 15) is 10.2 Å². The maximum absolute atomic E-state index is 9.91. The van der Waals surface area contributed by atoms with Gasteiger partial charge in [0.2, 0.25) is 0 Å². The number of carboxylic acids is 1. The van der Waals surface area contributed by atoms with Crippen LogP contribution in [0.25, 0.3) is 0 Å². The monoisotopic (exact) mass is 300 g/mol. The molecule has 1 aromatic rings. The number of rotatable bonds is 4. The summed E-state index contributed by atoms with van der Waals surface area (Å²) in [6.07, 6.45) is -0.764. The van der Waals surface area contributed by atoms with Crippen LogP contribution in [-0.2, 0) is 11.4 Å². The van der Waals surface area contributed by atoms with Gasteiger partial charge in [-0.05, 0) is 32.9 Å². The van der Waals surface area contributed by atoms with Crippen molar-refractivity contribution in [3.05, 3.63) is 23.5 Å². The van der Waals surface area contributed by atoms with Crippen molar-refractivity contribution in [3.8, 4) is 5.75 Å². The van der Waals surface area contributed by atoms with E-state index in [-0.39, 0.29) is 23.6 Å². The Kier molecular flexibility index (Phi) is 7.86. The van der Waals surface area contributed by atoms with Crippen molar-refractivity contribution in [1.82, 2.24) is 10.3 Å². The Morgan fingerprint density at radius 2 is 1.90 bits per heavy atom. The van der Waals surface area contributed by atoms with Crippen LogP contribution in [0.5, 0.6) is 5.75 Å². The molecule has 0 aliphatic rings. The second-order valence-electron chi connectivity index (χ2n) is 5.53. The highest BCUT2D eigenvalue weighted by Gasteiger charge is 2.15. The topological polar surface area (TPSA) is 123 Å². The normalized spacial score (nSPS) is 12.3. The van der Waals surface area contributed by atoms with Gasteiger partial charge in [0.25, 0.3) is 5.97 Å². The molecule has 1 heterocycles. The number of hydrogen-bond donors (Lipinski definition) is 5. The Balaban J connectivity index is 0.000000885. The molecule has 0 aliphatic carbocycles. The number of pyridine rings is 1. The van der Waals surface area contributed by atoms with Crippen molar-refractivity contribution in [2.75, 3.05) is 6.54 Å². The average Bonchev–Trinajstić information content (AvgIpc) is 2.35. The molecule has 1 aromatic heterocycles.